The van der Waals surface area contributed by atoms with Gasteiger partial charge in [-0.05, 0) is 54.8 Å². The molecular formula is C13H18BrN. The van der Waals surface area contributed by atoms with Gasteiger partial charge in [0.25, 0.3) is 0 Å². The molecule has 0 aromatic heterocycles. The van der Waals surface area contributed by atoms with Crippen LogP contribution in [0.4, 0.5) is 0 Å². The molecular weight excluding hydrogens is 250 g/mol. The Labute approximate surface area is 100 Å². The van der Waals surface area contributed by atoms with Gasteiger partial charge in [0.15, 0.2) is 0 Å². The van der Waals surface area contributed by atoms with Gasteiger partial charge in [0.05, 0.1) is 0 Å². The van der Waals surface area contributed by atoms with Crippen molar-refractivity contribution in [3.63, 3.8) is 0 Å². The highest BCUT2D eigenvalue weighted by Crippen LogP contribution is 2.39. The molecule has 0 bridgehead atoms. The van der Waals surface area contributed by atoms with E-state index < -0.39 is 0 Å². The summed E-state index contributed by atoms with van der Waals surface area (Å²) in [5.74, 6) is 1.46. The number of hydrogen-bond donors (Lipinski definition) is 1. The molecule has 2 unspecified atom stereocenters. The summed E-state index contributed by atoms with van der Waals surface area (Å²) in [4.78, 5) is 0. The van der Waals surface area contributed by atoms with Crippen LogP contribution in [0.5, 0.6) is 0 Å². The second-order valence-corrected chi connectivity index (χ2v) is 5.48. The first-order valence-electron chi connectivity index (χ1n) is 5.69. The molecule has 1 aliphatic carbocycles. The standard InChI is InChI=1S/C13H18BrN/c1-9-7-10(5-6-15)11-3-2-4-13(14)12(11)8-9/h2-4,9-10H,5-8,15H2,1H3. The van der Waals surface area contributed by atoms with E-state index in [1.54, 1.807) is 0 Å². The first-order valence-corrected chi connectivity index (χ1v) is 6.49. The minimum atomic E-state index is 0.672. The Kier molecular flexibility index (Phi) is 3.47. The Bertz CT molecular complexity index is 348. The molecule has 0 heterocycles. The minimum absolute atomic E-state index is 0.672. The SMILES string of the molecule is CC1Cc2c(Br)cccc2C(CCN)C1. The van der Waals surface area contributed by atoms with Gasteiger partial charge in [0.1, 0.15) is 0 Å². The molecule has 2 rings (SSSR count). The van der Waals surface area contributed by atoms with Crippen LogP contribution in [-0.4, -0.2) is 6.54 Å². The molecule has 0 saturated heterocycles. The number of fused-ring (bicyclic) bond motifs is 1. The summed E-state index contributed by atoms with van der Waals surface area (Å²) in [6.07, 6.45) is 3.62. The second-order valence-electron chi connectivity index (χ2n) is 4.63. The van der Waals surface area contributed by atoms with Crippen LogP contribution in [0.2, 0.25) is 0 Å². The monoisotopic (exact) mass is 267 g/mol. The zero-order chi connectivity index (χ0) is 10.8. The molecule has 2 heteroatoms. The number of hydrogen-bond acceptors (Lipinski definition) is 1. The highest BCUT2D eigenvalue weighted by molar-refractivity contribution is 9.10. The van der Waals surface area contributed by atoms with Crippen molar-refractivity contribution in [1.82, 2.24) is 0 Å². The van der Waals surface area contributed by atoms with Crippen LogP contribution < -0.4 is 5.73 Å². The first-order chi connectivity index (χ1) is 7.22. The molecule has 1 aromatic rings. The van der Waals surface area contributed by atoms with E-state index in [2.05, 4.69) is 41.1 Å². The molecule has 0 aliphatic heterocycles. The molecule has 1 aliphatic rings. The molecule has 0 radical (unpaired) electrons. The maximum Gasteiger partial charge on any atom is 0.0210 e. The predicted molar refractivity (Wildman–Crippen MR) is 68.0 cm³/mol. The van der Waals surface area contributed by atoms with Crippen LogP contribution in [0.3, 0.4) is 0 Å². The lowest BCUT2D eigenvalue weighted by Crippen LogP contribution is -2.19. The van der Waals surface area contributed by atoms with E-state index in [1.165, 1.54) is 28.4 Å². The third kappa shape index (κ3) is 2.26. The Balaban J connectivity index is 2.37. The van der Waals surface area contributed by atoms with E-state index in [0.29, 0.717) is 5.92 Å². The van der Waals surface area contributed by atoms with Crippen LogP contribution >= 0.6 is 15.9 Å². The Hall–Kier alpha value is -0.340. The highest BCUT2D eigenvalue weighted by Gasteiger charge is 2.24. The van der Waals surface area contributed by atoms with Gasteiger partial charge in [-0.15, -0.1) is 0 Å². The van der Waals surface area contributed by atoms with Gasteiger partial charge >= 0.3 is 0 Å². The minimum Gasteiger partial charge on any atom is -0.330 e. The van der Waals surface area contributed by atoms with Gasteiger partial charge in [-0.2, -0.15) is 0 Å². The van der Waals surface area contributed by atoms with Crippen molar-refractivity contribution in [2.75, 3.05) is 6.54 Å². The van der Waals surface area contributed by atoms with Gasteiger partial charge in [-0.3, -0.25) is 0 Å². The van der Waals surface area contributed by atoms with Crippen LogP contribution in [0.15, 0.2) is 22.7 Å². The number of rotatable bonds is 2. The Morgan fingerprint density at radius 2 is 2.27 bits per heavy atom. The van der Waals surface area contributed by atoms with Crippen molar-refractivity contribution in [3.05, 3.63) is 33.8 Å². The number of benzene rings is 1. The van der Waals surface area contributed by atoms with Crippen molar-refractivity contribution in [1.29, 1.82) is 0 Å². The topological polar surface area (TPSA) is 26.0 Å². The van der Waals surface area contributed by atoms with Crippen LogP contribution in [0.1, 0.15) is 36.8 Å². The molecule has 2 atom stereocenters. The van der Waals surface area contributed by atoms with Crippen LogP contribution in [0, 0.1) is 5.92 Å². The maximum absolute atomic E-state index is 5.69. The summed E-state index contributed by atoms with van der Waals surface area (Å²) in [6, 6.07) is 6.56. The summed E-state index contributed by atoms with van der Waals surface area (Å²) in [7, 11) is 0. The van der Waals surface area contributed by atoms with E-state index >= 15 is 0 Å². The molecule has 1 nitrogen and oxygen atoms in total. The fraction of sp³-hybridized carbons (Fsp3) is 0.538. The van der Waals surface area contributed by atoms with E-state index in [-0.39, 0.29) is 0 Å². The second kappa shape index (κ2) is 4.67. The average Bonchev–Trinajstić information content (AvgIpc) is 2.20. The maximum atomic E-state index is 5.69. The molecule has 0 saturated carbocycles. The summed E-state index contributed by atoms with van der Waals surface area (Å²) in [5, 5.41) is 0. The lowest BCUT2D eigenvalue weighted by Gasteiger charge is -2.30. The number of nitrogens with two attached hydrogens (primary N) is 1. The fourth-order valence-electron chi connectivity index (χ4n) is 2.69. The van der Waals surface area contributed by atoms with Gasteiger partial charge in [-0.25, -0.2) is 0 Å². The number of halogens is 1. The fourth-order valence-corrected chi connectivity index (χ4v) is 3.24. The average molecular weight is 268 g/mol. The van der Waals surface area contributed by atoms with Crippen LogP contribution in [0.25, 0.3) is 0 Å². The van der Waals surface area contributed by atoms with Gasteiger partial charge in [0, 0.05) is 4.47 Å². The van der Waals surface area contributed by atoms with E-state index in [0.717, 1.165) is 18.9 Å². The Morgan fingerprint density at radius 1 is 1.47 bits per heavy atom. The third-order valence-corrected chi connectivity index (χ3v) is 4.09. The molecule has 0 fully saturated rings. The van der Waals surface area contributed by atoms with E-state index in [1.807, 2.05) is 0 Å². The molecule has 0 amide bonds. The first kappa shape index (κ1) is 11.2. The summed E-state index contributed by atoms with van der Waals surface area (Å²) in [5.41, 5.74) is 8.72. The smallest absolute Gasteiger partial charge is 0.0210 e. The lowest BCUT2D eigenvalue weighted by atomic mass is 9.76. The summed E-state index contributed by atoms with van der Waals surface area (Å²) in [6.45, 7) is 3.13. The molecule has 1 aromatic carbocycles. The van der Waals surface area contributed by atoms with Gasteiger partial charge in [0.2, 0.25) is 0 Å². The molecule has 0 spiro atoms. The quantitative estimate of drug-likeness (QED) is 0.873. The summed E-state index contributed by atoms with van der Waals surface area (Å²) < 4.78 is 1.27. The molecule has 82 valence electrons. The van der Waals surface area contributed by atoms with Crippen molar-refractivity contribution >= 4 is 15.9 Å². The summed E-state index contributed by atoms with van der Waals surface area (Å²) >= 11 is 3.66. The third-order valence-electron chi connectivity index (χ3n) is 3.35. The van der Waals surface area contributed by atoms with Crippen molar-refractivity contribution in [3.8, 4) is 0 Å². The van der Waals surface area contributed by atoms with Gasteiger partial charge in [-0.1, -0.05) is 35.0 Å². The largest absolute Gasteiger partial charge is 0.330 e. The van der Waals surface area contributed by atoms with Crippen molar-refractivity contribution in [2.45, 2.75) is 32.1 Å². The molecule has 2 N–H and O–H groups in total. The lowest BCUT2D eigenvalue weighted by molar-refractivity contribution is 0.417. The normalized spacial score (nSPS) is 25.0. The van der Waals surface area contributed by atoms with Gasteiger partial charge < -0.3 is 5.73 Å². The zero-order valence-corrected chi connectivity index (χ0v) is 10.8. The predicted octanol–water partition coefficient (Wildman–Crippen LogP) is 3.46. The van der Waals surface area contributed by atoms with Crippen LogP contribution in [-0.2, 0) is 6.42 Å². The highest BCUT2D eigenvalue weighted by atomic mass is 79.9. The van der Waals surface area contributed by atoms with E-state index in [9.17, 15) is 0 Å². The zero-order valence-electron chi connectivity index (χ0n) is 9.17. The van der Waals surface area contributed by atoms with Crippen molar-refractivity contribution in [2.24, 2.45) is 11.7 Å². The van der Waals surface area contributed by atoms with Crippen molar-refractivity contribution < 1.29 is 0 Å². The van der Waals surface area contributed by atoms with E-state index in [4.69, 9.17) is 5.73 Å². The Morgan fingerprint density at radius 3 is 3.00 bits per heavy atom. The molecule has 15 heavy (non-hydrogen) atoms.